The lowest BCUT2D eigenvalue weighted by molar-refractivity contribution is -0.142. The zero-order chi connectivity index (χ0) is 16.5. The van der Waals surface area contributed by atoms with Crippen LogP contribution in [0.15, 0.2) is 24.3 Å². The van der Waals surface area contributed by atoms with E-state index in [1.165, 1.54) is 18.4 Å². The monoisotopic (exact) mass is 330 g/mol. The van der Waals surface area contributed by atoms with E-state index < -0.39 is 0 Å². The first-order chi connectivity index (χ1) is 11.7. The quantitative estimate of drug-likeness (QED) is 0.850. The minimum atomic E-state index is -0.170. The number of fused-ring (bicyclic) bond motifs is 3. The van der Waals surface area contributed by atoms with Crippen LogP contribution in [0.1, 0.15) is 37.7 Å². The van der Waals surface area contributed by atoms with Gasteiger partial charge in [-0.2, -0.15) is 0 Å². The third-order valence-corrected chi connectivity index (χ3v) is 6.30. The first kappa shape index (κ1) is 16.1. The molecule has 4 heterocycles. The summed E-state index contributed by atoms with van der Waals surface area (Å²) in [7, 11) is 0. The van der Waals surface area contributed by atoms with Crippen LogP contribution in [0.2, 0.25) is 0 Å². The van der Waals surface area contributed by atoms with Crippen molar-refractivity contribution in [3.05, 3.63) is 35.6 Å². The first-order valence-corrected chi connectivity index (χ1v) is 9.46. The van der Waals surface area contributed by atoms with Gasteiger partial charge in [-0.1, -0.05) is 12.1 Å². The van der Waals surface area contributed by atoms with Gasteiger partial charge >= 0.3 is 0 Å². The van der Waals surface area contributed by atoms with E-state index in [1.54, 1.807) is 12.1 Å². The Bertz CT molecular complexity index is 572. The maximum Gasteiger partial charge on any atom is 0.239 e. The van der Waals surface area contributed by atoms with Crippen LogP contribution in [-0.2, 0) is 11.2 Å². The number of benzene rings is 1. The van der Waals surface area contributed by atoms with Gasteiger partial charge in [0.2, 0.25) is 5.91 Å². The second kappa shape index (κ2) is 6.83. The molecule has 1 atom stereocenters. The van der Waals surface area contributed by atoms with Crippen molar-refractivity contribution in [3.63, 3.8) is 0 Å². The van der Waals surface area contributed by atoms with Gasteiger partial charge in [-0.3, -0.25) is 9.69 Å². The first-order valence-electron chi connectivity index (χ1n) is 9.46. The van der Waals surface area contributed by atoms with Crippen molar-refractivity contribution in [3.8, 4) is 0 Å². The van der Waals surface area contributed by atoms with Crippen molar-refractivity contribution in [2.75, 3.05) is 26.2 Å². The van der Waals surface area contributed by atoms with E-state index >= 15 is 0 Å². The SMILES string of the molecule is O=C(C1CC2CCN1CC2)N1CCC(Cc2ccc(F)cc2)CC1. The summed E-state index contributed by atoms with van der Waals surface area (Å²) in [6.45, 7) is 4.00. The molecule has 4 aliphatic heterocycles. The van der Waals surface area contributed by atoms with Crippen LogP contribution in [0.5, 0.6) is 0 Å². The summed E-state index contributed by atoms with van der Waals surface area (Å²) in [4.78, 5) is 17.4. The largest absolute Gasteiger partial charge is 0.341 e. The summed E-state index contributed by atoms with van der Waals surface area (Å²) >= 11 is 0. The standard InChI is InChI=1S/C20H27FN2O/c21-18-3-1-15(2-4-18)13-16-7-11-23(12-8-16)20(24)19-14-17-5-9-22(19)10-6-17/h1-4,16-17,19H,5-14H2. The van der Waals surface area contributed by atoms with Crippen LogP contribution < -0.4 is 0 Å². The van der Waals surface area contributed by atoms with Crippen LogP contribution in [0, 0.1) is 17.7 Å². The van der Waals surface area contributed by atoms with E-state index in [9.17, 15) is 9.18 Å². The second-order valence-corrected chi connectivity index (χ2v) is 7.83. The van der Waals surface area contributed by atoms with Gasteiger partial charge in [0.05, 0.1) is 6.04 Å². The Kier molecular flexibility index (Phi) is 4.57. The molecule has 0 radical (unpaired) electrons. The number of carbonyl (C=O) groups is 1. The summed E-state index contributed by atoms with van der Waals surface area (Å²) in [6.07, 6.45) is 6.78. The Labute approximate surface area is 143 Å². The van der Waals surface area contributed by atoms with Gasteiger partial charge in [-0.25, -0.2) is 4.39 Å². The van der Waals surface area contributed by atoms with Gasteiger partial charge in [0.1, 0.15) is 5.82 Å². The van der Waals surface area contributed by atoms with Crippen molar-refractivity contribution in [1.29, 1.82) is 0 Å². The molecule has 1 aromatic carbocycles. The molecule has 3 nitrogen and oxygen atoms in total. The van der Waals surface area contributed by atoms with Gasteiger partial charge < -0.3 is 4.90 Å². The summed E-state index contributed by atoms with van der Waals surface area (Å²) in [5, 5.41) is 0. The van der Waals surface area contributed by atoms with Crippen molar-refractivity contribution >= 4 is 5.91 Å². The Hall–Kier alpha value is -1.42. The molecule has 24 heavy (non-hydrogen) atoms. The van der Waals surface area contributed by atoms with Crippen LogP contribution in [0.25, 0.3) is 0 Å². The van der Waals surface area contributed by atoms with Gasteiger partial charge in [0.25, 0.3) is 0 Å². The van der Waals surface area contributed by atoms with E-state index in [-0.39, 0.29) is 11.9 Å². The van der Waals surface area contributed by atoms with Crippen molar-refractivity contribution < 1.29 is 9.18 Å². The number of piperidine rings is 4. The zero-order valence-corrected chi connectivity index (χ0v) is 14.3. The molecule has 4 aliphatic rings. The molecule has 1 amide bonds. The molecule has 0 aliphatic carbocycles. The fraction of sp³-hybridized carbons (Fsp3) is 0.650. The highest BCUT2D eigenvalue weighted by molar-refractivity contribution is 5.82. The van der Waals surface area contributed by atoms with E-state index in [0.29, 0.717) is 11.8 Å². The molecule has 5 rings (SSSR count). The number of hydrogen-bond acceptors (Lipinski definition) is 2. The van der Waals surface area contributed by atoms with E-state index in [2.05, 4.69) is 9.80 Å². The van der Waals surface area contributed by atoms with Crippen molar-refractivity contribution in [1.82, 2.24) is 9.80 Å². The molecular weight excluding hydrogens is 303 g/mol. The molecule has 4 fully saturated rings. The van der Waals surface area contributed by atoms with E-state index in [0.717, 1.165) is 57.8 Å². The molecule has 0 aromatic heterocycles. The Morgan fingerprint density at radius 1 is 1.00 bits per heavy atom. The van der Waals surface area contributed by atoms with Gasteiger partial charge in [0.15, 0.2) is 0 Å². The molecule has 0 N–H and O–H groups in total. The lowest BCUT2D eigenvalue weighted by atomic mass is 9.82. The number of likely N-dealkylation sites (tertiary alicyclic amines) is 1. The minimum absolute atomic E-state index is 0.158. The molecule has 130 valence electrons. The Balaban J connectivity index is 1.29. The molecule has 4 heteroatoms. The van der Waals surface area contributed by atoms with Crippen LogP contribution in [0.3, 0.4) is 0 Å². The molecule has 2 bridgehead atoms. The van der Waals surface area contributed by atoms with Gasteiger partial charge in [-0.05, 0) is 81.1 Å². The number of carbonyl (C=O) groups excluding carboxylic acids is 1. The third-order valence-electron chi connectivity index (χ3n) is 6.30. The molecule has 1 unspecified atom stereocenters. The Morgan fingerprint density at radius 2 is 1.67 bits per heavy atom. The highest BCUT2D eigenvalue weighted by atomic mass is 19.1. The van der Waals surface area contributed by atoms with Gasteiger partial charge in [-0.15, -0.1) is 0 Å². The molecule has 4 saturated heterocycles. The summed E-state index contributed by atoms with van der Waals surface area (Å²) in [5.41, 5.74) is 1.21. The number of amides is 1. The number of nitrogens with zero attached hydrogens (tertiary/aromatic N) is 2. The van der Waals surface area contributed by atoms with Gasteiger partial charge in [0, 0.05) is 13.1 Å². The van der Waals surface area contributed by atoms with Crippen LogP contribution in [0.4, 0.5) is 4.39 Å². The topological polar surface area (TPSA) is 23.6 Å². The molecule has 1 aromatic rings. The molecule has 0 spiro atoms. The lowest BCUT2D eigenvalue weighted by Crippen LogP contribution is -2.57. The highest BCUT2D eigenvalue weighted by Gasteiger charge is 2.39. The fourth-order valence-electron chi connectivity index (χ4n) is 4.74. The van der Waals surface area contributed by atoms with Crippen LogP contribution >= 0.6 is 0 Å². The summed E-state index contributed by atoms with van der Waals surface area (Å²) in [5.74, 6) is 1.60. The maximum absolute atomic E-state index is 13.0. The van der Waals surface area contributed by atoms with Crippen LogP contribution in [-0.4, -0.2) is 47.9 Å². The third kappa shape index (κ3) is 3.34. The molecular formula is C20H27FN2O. The number of rotatable bonds is 3. The Morgan fingerprint density at radius 3 is 2.25 bits per heavy atom. The predicted molar refractivity (Wildman–Crippen MR) is 92.1 cm³/mol. The lowest BCUT2D eigenvalue weighted by Gasteiger charge is -2.46. The predicted octanol–water partition coefficient (Wildman–Crippen LogP) is 3.09. The molecule has 0 saturated carbocycles. The summed E-state index contributed by atoms with van der Waals surface area (Å²) < 4.78 is 13.0. The average Bonchev–Trinajstić information content (AvgIpc) is 2.64. The maximum atomic E-state index is 13.0. The van der Waals surface area contributed by atoms with Crippen molar-refractivity contribution in [2.24, 2.45) is 11.8 Å². The van der Waals surface area contributed by atoms with E-state index in [4.69, 9.17) is 0 Å². The zero-order valence-electron chi connectivity index (χ0n) is 14.3. The number of hydrogen-bond donors (Lipinski definition) is 0. The normalized spacial score (nSPS) is 30.5. The second-order valence-electron chi connectivity index (χ2n) is 7.83. The smallest absolute Gasteiger partial charge is 0.239 e. The number of halogens is 1. The highest BCUT2D eigenvalue weighted by Crippen LogP contribution is 2.33. The average molecular weight is 330 g/mol. The van der Waals surface area contributed by atoms with Crippen molar-refractivity contribution in [2.45, 2.75) is 44.6 Å². The minimum Gasteiger partial charge on any atom is -0.341 e. The van der Waals surface area contributed by atoms with E-state index in [1.807, 2.05) is 12.1 Å². The fourth-order valence-corrected chi connectivity index (χ4v) is 4.74. The summed E-state index contributed by atoms with van der Waals surface area (Å²) in [6, 6.07) is 7.02.